The molecule has 0 bridgehead atoms. The molecule has 1 N–H and O–H groups in total. The highest BCUT2D eigenvalue weighted by Gasteiger charge is 2.28. The van der Waals surface area contributed by atoms with Gasteiger partial charge in [0.2, 0.25) is 0 Å². The van der Waals surface area contributed by atoms with Crippen LogP contribution in [0.5, 0.6) is 11.5 Å². The van der Waals surface area contributed by atoms with Crippen molar-refractivity contribution in [1.29, 1.82) is 0 Å². The van der Waals surface area contributed by atoms with Crippen molar-refractivity contribution in [2.75, 3.05) is 12.4 Å². The number of ether oxygens (including phenoxy) is 2. The van der Waals surface area contributed by atoms with E-state index in [1.54, 1.807) is 28.9 Å². The van der Waals surface area contributed by atoms with Crippen molar-refractivity contribution >= 4 is 17.3 Å². The number of tetrazole rings is 1. The number of nitrogens with zero attached hydrogens (tertiary/aromatic N) is 5. The zero-order valence-electron chi connectivity index (χ0n) is 16.6. The molecule has 1 aromatic heterocycles. The molecule has 0 saturated heterocycles. The lowest BCUT2D eigenvalue weighted by molar-refractivity contribution is -0.385. The molecule has 1 fully saturated rings. The molecule has 0 atom stereocenters. The minimum atomic E-state index is -3.22. The molecule has 1 heterocycles. The largest absolute Gasteiger partial charge is 0.493 e. The first-order chi connectivity index (χ1) is 15.4. The normalized spacial score (nSPS) is 13.1. The van der Waals surface area contributed by atoms with E-state index in [0.717, 1.165) is 37.6 Å². The molecule has 0 spiro atoms. The highest BCUT2D eigenvalue weighted by atomic mass is 19.3. The molecular formula is C19H16F2N6O5. The number of nitro benzene ring substituents is 1. The van der Waals surface area contributed by atoms with Crippen molar-refractivity contribution in [3.8, 4) is 22.9 Å². The molecule has 1 aliphatic rings. The summed E-state index contributed by atoms with van der Waals surface area (Å²) in [5, 5.41) is 25.7. The first kappa shape index (κ1) is 21.1. The number of carbonyl (C=O) groups excluding carboxylic acids is 1. The number of alkyl halides is 2. The van der Waals surface area contributed by atoms with Gasteiger partial charge >= 0.3 is 6.61 Å². The molecule has 0 aliphatic heterocycles. The SMILES string of the molecule is COc1cc(C(=O)Nc2ccc(-c3nnnn3C3CC3)cc2)c([N+](=O)[O-])cc1OC(F)F. The molecule has 1 amide bonds. The molecule has 32 heavy (non-hydrogen) atoms. The molecule has 1 saturated carbocycles. The van der Waals surface area contributed by atoms with E-state index in [1.165, 1.54) is 0 Å². The van der Waals surface area contributed by atoms with Crippen molar-refractivity contribution in [2.24, 2.45) is 0 Å². The lowest BCUT2D eigenvalue weighted by atomic mass is 10.1. The van der Waals surface area contributed by atoms with Gasteiger partial charge in [-0.2, -0.15) is 8.78 Å². The number of nitro groups is 1. The van der Waals surface area contributed by atoms with Crippen LogP contribution in [0.1, 0.15) is 29.2 Å². The smallest absolute Gasteiger partial charge is 0.387 e. The fourth-order valence-corrected chi connectivity index (χ4v) is 3.08. The quantitative estimate of drug-likeness (QED) is 0.411. The number of rotatable bonds is 8. The first-order valence-corrected chi connectivity index (χ1v) is 9.38. The lowest BCUT2D eigenvalue weighted by Crippen LogP contribution is -2.15. The topological polar surface area (TPSA) is 134 Å². The molecule has 2 aromatic carbocycles. The molecule has 1 aliphatic carbocycles. The molecule has 0 unspecified atom stereocenters. The first-order valence-electron chi connectivity index (χ1n) is 9.38. The molecule has 166 valence electrons. The summed E-state index contributed by atoms with van der Waals surface area (Å²) in [7, 11) is 1.16. The second kappa shape index (κ2) is 8.53. The van der Waals surface area contributed by atoms with Crippen molar-refractivity contribution in [1.82, 2.24) is 20.2 Å². The summed E-state index contributed by atoms with van der Waals surface area (Å²) in [6.07, 6.45) is 2.02. The number of hydrogen-bond donors (Lipinski definition) is 1. The third-order valence-electron chi connectivity index (χ3n) is 4.73. The van der Waals surface area contributed by atoms with Gasteiger partial charge in [0, 0.05) is 17.3 Å². The molecular weight excluding hydrogens is 430 g/mol. The van der Waals surface area contributed by atoms with Crippen LogP contribution in [-0.4, -0.2) is 44.8 Å². The summed E-state index contributed by atoms with van der Waals surface area (Å²) in [5.74, 6) is -1.03. The summed E-state index contributed by atoms with van der Waals surface area (Å²) in [4.78, 5) is 23.2. The standard InChI is InChI=1S/C19H16F2N6O5/c1-31-15-8-13(14(27(29)30)9-16(15)32-19(20)21)18(28)22-11-4-2-10(3-5-11)17-23-24-25-26(17)12-6-7-12/h2-5,8-9,12,19H,6-7H2,1H3,(H,22,28). The summed E-state index contributed by atoms with van der Waals surface area (Å²) in [6, 6.07) is 8.58. The highest BCUT2D eigenvalue weighted by Crippen LogP contribution is 2.37. The summed E-state index contributed by atoms with van der Waals surface area (Å²) < 4.78 is 36.1. The fraction of sp³-hybridized carbons (Fsp3) is 0.263. The summed E-state index contributed by atoms with van der Waals surface area (Å²) in [5.41, 5.74) is 0.000756. The predicted octanol–water partition coefficient (Wildman–Crippen LogP) is 3.45. The number of halogens is 2. The highest BCUT2D eigenvalue weighted by molar-refractivity contribution is 6.07. The maximum absolute atomic E-state index is 12.7. The van der Waals surface area contributed by atoms with Crippen molar-refractivity contribution in [3.63, 3.8) is 0 Å². The zero-order valence-corrected chi connectivity index (χ0v) is 16.6. The zero-order chi connectivity index (χ0) is 22.8. The van der Waals surface area contributed by atoms with Crippen LogP contribution < -0.4 is 14.8 Å². The third-order valence-corrected chi connectivity index (χ3v) is 4.73. The summed E-state index contributed by atoms with van der Waals surface area (Å²) >= 11 is 0. The van der Waals surface area contributed by atoms with Crippen LogP contribution in [0.15, 0.2) is 36.4 Å². The van der Waals surface area contributed by atoms with E-state index in [0.29, 0.717) is 11.5 Å². The van der Waals surface area contributed by atoms with E-state index in [-0.39, 0.29) is 17.4 Å². The number of amides is 1. The van der Waals surface area contributed by atoms with E-state index >= 15 is 0 Å². The number of methoxy groups -OCH3 is 1. The Kier molecular flexibility index (Phi) is 5.62. The lowest BCUT2D eigenvalue weighted by Gasteiger charge is -2.12. The van der Waals surface area contributed by atoms with Gasteiger partial charge in [-0.1, -0.05) is 0 Å². The van der Waals surface area contributed by atoms with Crippen LogP contribution in [-0.2, 0) is 0 Å². The molecule has 13 heteroatoms. The average Bonchev–Trinajstić information content (AvgIpc) is 3.49. The second-order valence-corrected chi connectivity index (χ2v) is 6.87. The molecule has 4 rings (SSSR count). The predicted molar refractivity (Wildman–Crippen MR) is 106 cm³/mol. The van der Waals surface area contributed by atoms with Gasteiger partial charge in [-0.05, 0) is 47.5 Å². The van der Waals surface area contributed by atoms with Gasteiger partial charge in [0.25, 0.3) is 11.6 Å². The van der Waals surface area contributed by atoms with Crippen LogP contribution in [0.2, 0.25) is 0 Å². The molecule has 0 radical (unpaired) electrons. The van der Waals surface area contributed by atoms with E-state index in [9.17, 15) is 23.7 Å². The van der Waals surface area contributed by atoms with Crippen molar-refractivity contribution < 1.29 is 28.0 Å². The Hall–Kier alpha value is -4.16. The maximum Gasteiger partial charge on any atom is 0.387 e. The van der Waals surface area contributed by atoms with E-state index in [1.807, 2.05) is 0 Å². The fourth-order valence-electron chi connectivity index (χ4n) is 3.08. The molecule has 11 nitrogen and oxygen atoms in total. The number of nitrogens with one attached hydrogen (secondary N) is 1. The number of anilines is 1. The van der Waals surface area contributed by atoms with Crippen LogP contribution in [0.25, 0.3) is 11.4 Å². The number of carbonyl (C=O) groups is 1. The van der Waals surface area contributed by atoms with Gasteiger partial charge in [-0.15, -0.1) is 5.10 Å². The van der Waals surface area contributed by atoms with Gasteiger partial charge in [0.15, 0.2) is 17.3 Å². The van der Waals surface area contributed by atoms with Crippen LogP contribution >= 0.6 is 0 Å². The Bertz CT molecular complexity index is 1160. The van der Waals surface area contributed by atoms with Crippen molar-refractivity contribution in [2.45, 2.75) is 25.5 Å². The number of aromatic nitrogens is 4. The van der Waals surface area contributed by atoms with Gasteiger partial charge in [-0.3, -0.25) is 14.9 Å². The van der Waals surface area contributed by atoms with E-state index < -0.39 is 28.9 Å². The van der Waals surface area contributed by atoms with Gasteiger partial charge in [0.05, 0.1) is 24.1 Å². The van der Waals surface area contributed by atoms with Crippen LogP contribution in [0, 0.1) is 10.1 Å². The maximum atomic E-state index is 12.7. The number of benzene rings is 2. The summed E-state index contributed by atoms with van der Waals surface area (Å²) in [6.45, 7) is -3.22. The van der Waals surface area contributed by atoms with E-state index in [2.05, 4.69) is 25.6 Å². The monoisotopic (exact) mass is 446 g/mol. The van der Waals surface area contributed by atoms with Gasteiger partial charge in [-0.25, -0.2) is 4.68 Å². The van der Waals surface area contributed by atoms with Crippen molar-refractivity contribution in [3.05, 3.63) is 52.1 Å². The van der Waals surface area contributed by atoms with Gasteiger partial charge < -0.3 is 14.8 Å². The number of hydrogen-bond acceptors (Lipinski definition) is 8. The minimum absolute atomic E-state index is 0.247. The Balaban J connectivity index is 1.58. The third kappa shape index (κ3) is 4.31. The van der Waals surface area contributed by atoms with E-state index in [4.69, 9.17) is 4.74 Å². The molecule has 3 aromatic rings. The van der Waals surface area contributed by atoms with Crippen LogP contribution in [0.3, 0.4) is 0 Å². The Morgan fingerprint density at radius 2 is 1.97 bits per heavy atom. The average molecular weight is 446 g/mol. The van der Waals surface area contributed by atoms with Crippen LogP contribution in [0.4, 0.5) is 20.2 Å². The Labute approximate surface area is 179 Å². The second-order valence-electron chi connectivity index (χ2n) is 6.87. The minimum Gasteiger partial charge on any atom is -0.493 e. The Morgan fingerprint density at radius 1 is 1.25 bits per heavy atom. The van der Waals surface area contributed by atoms with Gasteiger partial charge in [0.1, 0.15) is 5.56 Å². The Morgan fingerprint density at radius 3 is 2.56 bits per heavy atom.